The van der Waals surface area contributed by atoms with E-state index in [0.717, 1.165) is 31.2 Å². The lowest BCUT2D eigenvalue weighted by atomic mass is 10.2. The van der Waals surface area contributed by atoms with Crippen LogP contribution in [0, 0.1) is 0 Å². The Hall–Kier alpha value is -1.98. The highest BCUT2D eigenvalue weighted by Crippen LogP contribution is 2.17. The van der Waals surface area contributed by atoms with E-state index in [-0.39, 0.29) is 0 Å². The van der Waals surface area contributed by atoms with Crippen LogP contribution in [-0.2, 0) is 13.1 Å². The van der Waals surface area contributed by atoms with E-state index in [1.54, 1.807) is 11.3 Å². The van der Waals surface area contributed by atoms with Crippen LogP contribution in [0.15, 0.2) is 54.4 Å². The first-order chi connectivity index (χ1) is 10.9. The Labute approximate surface area is 135 Å². The van der Waals surface area contributed by atoms with E-state index in [9.17, 15) is 0 Å². The Kier molecular flexibility index (Phi) is 4.98. The van der Waals surface area contributed by atoms with Crippen LogP contribution in [0.25, 0.3) is 5.13 Å². The normalized spacial score (nSPS) is 11.2. The van der Waals surface area contributed by atoms with Crippen LogP contribution in [0.5, 0.6) is 0 Å². The van der Waals surface area contributed by atoms with Gasteiger partial charge in [-0.2, -0.15) is 0 Å². The molecule has 0 aliphatic rings. The Bertz CT molecular complexity index is 676. The lowest BCUT2D eigenvalue weighted by Gasteiger charge is -2.22. The van der Waals surface area contributed by atoms with Crippen molar-refractivity contribution in [2.45, 2.75) is 26.4 Å². The van der Waals surface area contributed by atoms with Gasteiger partial charge >= 0.3 is 0 Å². The molecule has 5 heteroatoms. The fourth-order valence-electron chi connectivity index (χ4n) is 2.58. The molecule has 0 bridgehead atoms. The van der Waals surface area contributed by atoms with Gasteiger partial charge in [0.25, 0.3) is 0 Å². The van der Waals surface area contributed by atoms with Gasteiger partial charge in [-0.25, -0.2) is 4.98 Å². The Morgan fingerprint density at radius 2 is 2.14 bits per heavy atom. The first kappa shape index (κ1) is 14.9. The van der Waals surface area contributed by atoms with E-state index in [2.05, 4.69) is 50.8 Å². The number of hydrogen-bond acceptors (Lipinski definition) is 4. The van der Waals surface area contributed by atoms with Gasteiger partial charge in [0, 0.05) is 49.0 Å². The fraction of sp³-hybridized carbons (Fsp3) is 0.294. The Balaban J connectivity index is 1.76. The predicted octanol–water partition coefficient (Wildman–Crippen LogP) is 3.74. The van der Waals surface area contributed by atoms with Crippen molar-refractivity contribution in [2.24, 2.45) is 0 Å². The molecule has 0 aliphatic carbocycles. The zero-order chi connectivity index (χ0) is 15.2. The topological polar surface area (TPSA) is 34.0 Å². The lowest BCUT2D eigenvalue weighted by Crippen LogP contribution is -2.24. The number of rotatable bonds is 7. The van der Waals surface area contributed by atoms with Gasteiger partial charge in [-0.05, 0) is 36.7 Å². The third-order valence-electron chi connectivity index (χ3n) is 3.51. The van der Waals surface area contributed by atoms with Gasteiger partial charge < -0.3 is 0 Å². The molecule has 0 unspecified atom stereocenters. The molecule has 3 heterocycles. The van der Waals surface area contributed by atoms with Gasteiger partial charge in [0.05, 0.1) is 0 Å². The van der Waals surface area contributed by atoms with E-state index in [1.165, 1.54) is 11.3 Å². The average molecular weight is 312 g/mol. The van der Waals surface area contributed by atoms with Crippen LogP contribution in [0.3, 0.4) is 0 Å². The Morgan fingerprint density at radius 3 is 2.86 bits per heavy atom. The monoisotopic (exact) mass is 312 g/mol. The second kappa shape index (κ2) is 7.33. The SMILES string of the molecule is CCCN(Cc1cccnc1)Cc1cccn1-c1nccs1. The largest absolute Gasteiger partial charge is 0.296 e. The molecule has 4 nitrogen and oxygen atoms in total. The molecule has 3 rings (SSSR count). The highest BCUT2D eigenvalue weighted by molar-refractivity contribution is 7.12. The second-order valence-corrected chi connectivity index (χ2v) is 6.13. The zero-order valence-electron chi connectivity index (χ0n) is 12.7. The summed E-state index contributed by atoms with van der Waals surface area (Å²) in [5, 5.41) is 3.04. The standard InChI is InChI=1S/C17H20N4S/c1-2-9-20(13-15-5-3-7-18-12-15)14-16-6-4-10-21(16)17-19-8-11-22-17/h3-8,10-12H,2,9,13-14H2,1H3. The van der Waals surface area contributed by atoms with Crippen molar-refractivity contribution in [2.75, 3.05) is 6.54 Å². The van der Waals surface area contributed by atoms with Crippen molar-refractivity contribution in [1.29, 1.82) is 0 Å². The second-order valence-electron chi connectivity index (χ2n) is 5.26. The molecule has 0 amide bonds. The molecule has 0 N–H and O–H groups in total. The molecule has 0 fully saturated rings. The van der Waals surface area contributed by atoms with Crippen LogP contribution >= 0.6 is 11.3 Å². The van der Waals surface area contributed by atoms with Gasteiger partial charge in [0.2, 0.25) is 0 Å². The van der Waals surface area contributed by atoms with Crippen LogP contribution in [0.2, 0.25) is 0 Å². The highest BCUT2D eigenvalue weighted by atomic mass is 32.1. The molecule has 22 heavy (non-hydrogen) atoms. The summed E-state index contributed by atoms with van der Waals surface area (Å²) in [6.45, 7) is 5.12. The van der Waals surface area contributed by atoms with Crippen molar-refractivity contribution in [1.82, 2.24) is 19.4 Å². The van der Waals surface area contributed by atoms with Crippen LogP contribution in [0.4, 0.5) is 0 Å². The first-order valence-corrected chi connectivity index (χ1v) is 8.42. The van der Waals surface area contributed by atoms with Crippen LogP contribution in [-0.4, -0.2) is 26.0 Å². The van der Waals surface area contributed by atoms with E-state index in [1.807, 2.05) is 30.0 Å². The molecule has 0 spiro atoms. The summed E-state index contributed by atoms with van der Waals surface area (Å²) >= 11 is 1.66. The number of pyridine rings is 1. The maximum Gasteiger partial charge on any atom is 0.193 e. The molecule has 0 atom stereocenters. The summed E-state index contributed by atoms with van der Waals surface area (Å²) in [7, 11) is 0. The zero-order valence-corrected chi connectivity index (χ0v) is 13.5. The van der Waals surface area contributed by atoms with Gasteiger partial charge in [0.15, 0.2) is 5.13 Å². The Morgan fingerprint density at radius 1 is 1.18 bits per heavy atom. The van der Waals surface area contributed by atoms with E-state index in [4.69, 9.17) is 0 Å². The average Bonchev–Trinajstić information content (AvgIpc) is 3.19. The molecular formula is C17H20N4S. The van der Waals surface area contributed by atoms with Crippen molar-refractivity contribution in [3.8, 4) is 5.13 Å². The minimum atomic E-state index is 0.912. The summed E-state index contributed by atoms with van der Waals surface area (Å²) in [4.78, 5) is 11.1. The van der Waals surface area contributed by atoms with Crippen LogP contribution < -0.4 is 0 Å². The number of hydrogen-bond donors (Lipinski definition) is 0. The molecule has 0 aromatic carbocycles. The smallest absolute Gasteiger partial charge is 0.193 e. The maximum atomic E-state index is 4.41. The minimum absolute atomic E-state index is 0.912. The molecule has 114 valence electrons. The quantitative estimate of drug-likeness (QED) is 0.666. The number of thiazole rings is 1. The van der Waals surface area contributed by atoms with E-state index >= 15 is 0 Å². The highest BCUT2D eigenvalue weighted by Gasteiger charge is 2.11. The predicted molar refractivity (Wildman–Crippen MR) is 90.1 cm³/mol. The van der Waals surface area contributed by atoms with Crippen molar-refractivity contribution < 1.29 is 0 Å². The summed E-state index contributed by atoms with van der Waals surface area (Å²) < 4.78 is 2.18. The molecule has 3 aromatic rings. The summed E-state index contributed by atoms with van der Waals surface area (Å²) in [6, 6.07) is 8.39. The van der Waals surface area contributed by atoms with Crippen molar-refractivity contribution in [3.63, 3.8) is 0 Å². The first-order valence-electron chi connectivity index (χ1n) is 7.54. The molecule has 0 saturated carbocycles. The summed E-state index contributed by atoms with van der Waals surface area (Å²) in [5.74, 6) is 0. The van der Waals surface area contributed by atoms with Gasteiger partial charge in [-0.1, -0.05) is 13.0 Å². The lowest BCUT2D eigenvalue weighted by molar-refractivity contribution is 0.252. The molecule has 3 aromatic heterocycles. The summed E-state index contributed by atoms with van der Waals surface area (Å²) in [6.07, 6.45) is 8.84. The van der Waals surface area contributed by atoms with Gasteiger partial charge in [-0.15, -0.1) is 11.3 Å². The van der Waals surface area contributed by atoms with Crippen molar-refractivity contribution >= 4 is 11.3 Å². The van der Waals surface area contributed by atoms with Gasteiger partial charge in [-0.3, -0.25) is 14.5 Å². The van der Waals surface area contributed by atoms with E-state index < -0.39 is 0 Å². The maximum absolute atomic E-state index is 4.41. The molecule has 0 aliphatic heterocycles. The number of aromatic nitrogens is 3. The fourth-order valence-corrected chi connectivity index (χ4v) is 3.23. The number of nitrogens with zero attached hydrogens (tertiary/aromatic N) is 4. The molecule has 0 radical (unpaired) electrons. The summed E-state index contributed by atoms with van der Waals surface area (Å²) in [5.41, 5.74) is 2.52. The third-order valence-corrected chi connectivity index (χ3v) is 4.28. The van der Waals surface area contributed by atoms with E-state index in [0.29, 0.717) is 0 Å². The molecular weight excluding hydrogens is 292 g/mol. The minimum Gasteiger partial charge on any atom is -0.296 e. The van der Waals surface area contributed by atoms with Crippen molar-refractivity contribution in [3.05, 3.63) is 65.7 Å². The molecule has 0 saturated heterocycles. The van der Waals surface area contributed by atoms with Gasteiger partial charge in [0.1, 0.15) is 0 Å². The van der Waals surface area contributed by atoms with Crippen LogP contribution in [0.1, 0.15) is 24.6 Å². The third kappa shape index (κ3) is 3.61.